The molecule has 1 aliphatic rings. The van der Waals surface area contributed by atoms with Crippen LogP contribution in [0.2, 0.25) is 0 Å². The number of thiophene rings is 1. The Labute approximate surface area is 116 Å². The number of amides is 1. The van der Waals surface area contributed by atoms with Gasteiger partial charge in [-0.15, -0.1) is 11.3 Å². The summed E-state index contributed by atoms with van der Waals surface area (Å²) < 4.78 is 26.3. The molecule has 1 atom stereocenters. The summed E-state index contributed by atoms with van der Waals surface area (Å²) in [5, 5.41) is 4.87. The van der Waals surface area contributed by atoms with Crippen molar-refractivity contribution >= 4 is 27.3 Å². The maximum Gasteiger partial charge on any atom is 0.250 e. The van der Waals surface area contributed by atoms with Crippen LogP contribution in [-0.2, 0) is 14.8 Å². The highest BCUT2D eigenvalue weighted by atomic mass is 32.2. The largest absolute Gasteiger partial charge is 0.336 e. The second-order valence-electron chi connectivity index (χ2n) is 4.40. The first-order chi connectivity index (χ1) is 9.00. The molecule has 0 aliphatic carbocycles. The van der Waals surface area contributed by atoms with Crippen molar-refractivity contribution in [1.82, 2.24) is 14.9 Å². The van der Waals surface area contributed by atoms with Crippen molar-refractivity contribution in [2.24, 2.45) is 0 Å². The Morgan fingerprint density at radius 1 is 1.63 bits per heavy atom. The summed E-state index contributed by atoms with van der Waals surface area (Å²) in [6, 6.07) is 3.28. The summed E-state index contributed by atoms with van der Waals surface area (Å²) in [5.41, 5.74) is 0. The lowest BCUT2D eigenvalue weighted by Gasteiger charge is -2.34. The van der Waals surface area contributed by atoms with E-state index in [9.17, 15) is 13.2 Å². The zero-order valence-corrected chi connectivity index (χ0v) is 12.3. The second kappa shape index (κ2) is 6.00. The molecule has 0 radical (unpaired) electrons. The predicted octanol–water partition coefficient (Wildman–Crippen LogP) is -0.153. The lowest BCUT2D eigenvalue weighted by Crippen LogP contribution is -2.54. The number of nitrogens with one attached hydrogen (secondary N) is 2. The van der Waals surface area contributed by atoms with Crippen molar-refractivity contribution in [3.05, 3.63) is 17.5 Å². The fourth-order valence-corrected chi connectivity index (χ4v) is 3.97. The van der Waals surface area contributed by atoms with Gasteiger partial charge in [0, 0.05) is 25.7 Å². The molecular weight excluding hydrogens is 286 g/mol. The number of rotatable bonds is 4. The van der Waals surface area contributed by atoms with E-state index < -0.39 is 10.0 Å². The van der Waals surface area contributed by atoms with Gasteiger partial charge in [0.2, 0.25) is 5.91 Å². The molecule has 1 aromatic rings. The first kappa shape index (κ1) is 14.4. The van der Waals surface area contributed by atoms with Crippen LogP contribution in [0.3, 0.4) is 0 Å². The lowest BCUT2D eigenvalue weighted by molar-refractivity contribution is -0.132. The standard InChI is InChI=1S/C11H17N3O3S2/c1-9-7-12-4-5-14(9)10(15)8-13-19(16,17)11-3-2-6-18-11/h2-3,6,9,12-13H,4-5,7-8H2,1H3/t9-/m0/s1. The number of carbonyl (C=O) groups is 1. The molecule has 1 saturated heterocycles. The van der Waals surface area contributed by atoms with Crippen molar-refractivity contribution in [3.8, 4) is 0 Å². The third-order valence-electron chi connectivity index (χ3n) is 2.99. The molecule has 0 aromatic carbocycles. The van der Waals surface area contributed by atoms with Crippen LogP contribution in [0.4, 0.5) is 0 Å². The Hall–Kier alpha value is -0.960. The summed E-state index contributed by atoms with van der Waals surface area (Å²) in [5.74, 6) is -0.186. The Morgan fingerprint density at radius 3 is 3.05 bits per heavy atom. The van der Waals surface area contributed by atoms with Gasteiger partial charge in [0.25, 0.3) is 10.0 Å². The molecule has 8 heteroatoms. The van der Waals surface area contributed by atoms with Gasteiger partial charge in [0.15, 0.2) is 0 Å². The van der Waals surface area contributed by atoms with Crippen molar-refractivity contribution in [1.29, 1.82) is 0 Å². The molecule has 19 heavy (non-hydrogen) atoms. The molecule has 0 bridgehead atoms. The maximum atomic E-state index is 12.0. The van der Waals surface area contributed by atoms with E-state index in [1.807, 2.05) is 6.92 Å². The Kier molecular flexibility index (Phi) is 4.56. The fourth-order valence-electron chi connectivity index (χ4n) is 1.96. The van der Waals surface area contributed by atoms with Gasteiger partial charge in [-0.25, -0.2) is 13.1 Å². The Morgan fingerprint density at radius 2 is 2.42 bits per heavy atom. The van der Waals surface area contributed by atoms with Crippen molar-refractivity contribution in [2.45, 2.75) is 17.2 Å². The highest BCUT2D eigenvalue weighted by molar-refractivity contribution is 7.91. The van der Waals surface area contributed by atoms with E-state index in [-0.39, 0.29) is 22.7 Å². The van der Waals surface area contributed by atoms with Crippen LogP contribution in [0.5, 0.6) is 0 Å². The smallest absolute Gasteiger partial charge is 0.250 e. The maximum absolute atomic E-state index is 12.0. The zero-order valence-electron chi connectivity index (χ0n) is 10.6. The van der Waals surface area contributed by atoms with Crippen molar-refractivity contribution < 1.29 is 13.2 Å². The summed E-state index contributed by atoms with van der Waals surface area (Å²) in [4.78, 5) is 13.7. The molecule has 2 rings (SSSR count). The highest BCUT2D eigenvalue weighted by Gasteiger charge is 2.24. The van der Waals surface area contributed by atoms with Gasteiger partial charge in [-0.1, -0.05) is 6.07 Å². The topological polar surface area (TPSA) is 78.5 Å². The first-order valence-electron chi connectivity index (χ1n) is 6.04. The molecule has 1 aromatic heterocycles. The third kappa shape index (κ3) is 3.53. The number of nitrogens with zero attached hydrogens (tertiary/aromatic N) is 1. The van der Waals surface area contributed by atoms with Crippen molar-refractivity contribution in [3.63, 3.8) is 0 Å². The quantitative estimate of drug-likeness (QED) is 0.811. The average Bonchev–Trinajstić information content (AvgIpc) is 2.91. The number of hydrogen-bond donors (Lipinski definition) is 2. The monoisotopic (exact) mass is 303 g/mol. The van der Waals surface area contributed by atoms with Crippen LogP contribution in [0, 0.1) is 0 Å². The predicted molar refractivity (Wildman–Crippen MR) is 73.6 cm³/mol. The molecule has 0 saturated carbocycles. The van der Waals surface area contributed by atoms with Crippen LogP contribution in [0.25, 0.3) is 0 Å². The minimum Gasteiger partial charge on any atom is -0.336 e. The molecule has 1 amide bonds. The lowest BCUT2D eigenvalue weighted by atomic mass is 10.2. The normalized spacial score (nSPS) is 20.5. The molecule has 2 N–H and O–H groups in total. The van der Waals surface area contributed by atoms with Crippen LogP contribution in [0.15, 0.2) is 21.7 Å². The molecule has 1 aliphatic heterocycles. The minimum atomic E-state index is -3.56. The van der Waals surface area contributed by atoms with Gasteiger partial charge in [0.05, 0.1) is 6.54 Å². The summed E-state index contributed by atoms with van der Waals surface area (Å²) >= 11 is 1.13. The number of sulfonamides is 1. The van der Waals surface area contributed by atoms with Gasteiger partial charge < -0.3 is 10.2 Å². The van der Waals surface area contributed by atoms with Gasteiger partial charge in [-0.3, -0.25) is 4.79 Å². The SMILES string of the molecule is C[C@H]1CNCCN1C(=O)CNS(=O)(=O)c1cccs1. The van der Waals surface area contributed by atoms with E-state index >= 15 is 0 Å². The van der Waals surface area contributed by atoms with E-state index in [1.54, 1.807) is 16.3 Å². The zero-order chi connectivity index (χ0) is 13.9. The van der Waals surface area contributed by atoms with E-state index in [4.69, 9.17) is 0 Å². The van der Waals surface area contributed by atoms with E-state index in [0.29, 0.717) is 6.54 Å². The average molecular weight is 303 g/mol. The molecular formula is C11H17N3O3S2. The van der Waals surface area contributed by atoms with Crippen LogP contribution < -0.4 is 10.0 Å². The summed E-state index contributed by atoms with van der Waals surface area (Å²) in [6.45, 7) is 3.85. The van der Waals surface area contributed by atoms with Gasteiger partial charge in [-0.2, -0.15) is 0 Å². The Bertz CT molecular complexity index is 527. The molecule has 6 nitrogen and oxygen atoms in total. The van der Waals surface area contributed by atoms with Crippen molar-refractivity contribution in [2.75, 3.05) is 26.2 Å². The molecule has 1 fully saturated rings. The second-order valence-corrected chi connectivity index (χ2v) is 7.34. The number of hydrogen-bond acceptors (Lipinski definition) is 5. The summed E-state index contributed by atoms with van der Waals surface area (Å²) in [7, 11) is -3.56. The van der Waals surface area contributed by atoms with Crippen LogP contribution in [-0.4, -0.2) is 51.4 Å². The molecule has 2 heterocycles. The molecule has 106 valence electrons. The van der Waals surface area contributed by atoms with Crippen LogP contribution >= 0.6 is 11.3 Å². The fraction of sp³-hybridized carbons (Fsp3) is 0.545. The van der Waals surface area contributed by atoms with Gasteiger partial charge in [0.1, 0.15) is 4.21 Å². The summed E-state index contributed by atoms with van der Waals surface area (Å²) in [6.07, 6.45) is 0. The highest BCUT2D eigenvalue weighted by Crippen LogP contribution is 2.15. The van der Waals surface area contributed by atoms with E-state index in [1.165, 1.54) is 6.07 Å². The first-order valence-corrected chi connectivity index (χ1v) is 8.40. The van der Waals surface area contributed by atoms with E-state index in [2.05, 4.69) is 10.0 Å². The van der Waals surface area contributed by atoms with E-state index in [0.717, 1.165) is 24.4 Å². The molecule has 0 spiro atoms. The molecule has 0 unspecified atom stereocenters. The third-order valence-corrected chi connectivity index (χ3v) is 5.79. The van der Waals surface area contributed by atoms with Gasteiger partial charge >= 0.3 is 0 Å². The van der Waals surface area contributed by atoms with Gasteiger partial charge in [-0.05, 0) is 18.4 Å². The number of carbonyl (C=O) groups excluding carboxylic acids is 1. The Balaban J connectivity index is 1.93. The minimum absolute atomic E-state index is 0.0903. The van der Waals surface area contributed by atoms with Crippen LogP contribution in [0.1, 0.15) is 6.92 Å². The number of piperazine rings is 1.